The van der Waals surface area contributed by atoms with Crippen molar-refractivity contribution in [1.82, 2.24) is 10.6 Å². The van der Waals surface area contributed by atoms with E-state index in [0.717, 1.165) is 17.7 Å². The maximum Gasteiger partial charge on any atom is 0.224 e. The van der Waals surface area contributed by atoms with E-state index in [0.29, 0.717) is 13.2 Å². The molecular weight excluding hydrogens is 228 g/mol. The number of benzene rings is 1. The Kier molecular flexibility index (Phi) is 4.20. The molecule has 2 N–H and O–H groups in total. The van der Waals surface area contributed by atoms with Crippen LogP contribution in [0.15, 0.2) is 24.3 Å². The average Bonchev–Trinajstić information content (AvgIpc) is 2.39. The Morgan fingerprint density at radius 1 is 1.50 bits per heavy atom. The summed E-state index contributed by atoms with van der Waals surface area (Å²) in [6.07, 6.45) is 0.841. The van der Waals surface area contributed by atoms with Gasteiger partial charge in [-0.15, -0.1) is 0 Å². The zero-order chi connectivity index (χ0) is 13.0. The molecule has 1 aromatic rings. The Hall–Kier alpha value is -1.55. The van der Waals surface area contributed by atoms with E-state index in [4.69, 9.17) is 4.74 Å². The van der Waals surface area contributed by atoms with Gasteiger partial charge >= 0.3 is 0 Å². The number of fused-ring (bicyclic) bond motifs is 1. The summed E-state index contributed by atoms with van der Waals surface area (Å²) in [6, 6.07) is 8.05. The van der Waals surface area contributed by atoms with Crippen molar-refractivity contribution < 1.29 is 9.53 Å². The van der Waals surface area contributed by atoms with Gasteiger partial charge in [0.1, 0.15) is 12.4 Å². The van der Waals surface area contributed by atoms with E-state index in [1.165, 1.54) is 0 Å². The Morgan fingerprint density at radius 2 is 2.28 bits per heavy atom. The van der Waals surface area contributed by atoms with Crippen molar-refractivity contribution in [3.8, 4) is 5.75 Å². The SMILES string of the molecule is CNCC(C)C(=O)NC1COc2ccccc2C1. The molecule has 2 rings (SSSR count). The summed E-state index contributed by atoms with van der Waals surface area (Å²) in [7, 11) is 1.85. The third-order valence-electron chi connectivity index (χ3n) is 3.18. The molecule has 1 amide bonds. The lowest BCUT2D eigenvalue weighted by Gasteiger charge is -2.27. The first-order valence-corrected chi connectivity index (χ1v) is 6.36. The van der Waals surface area contributed by atoms with Gasteiger partial charge in [-0.3, -0.25) is 4.79 Å². The molecule has 4 heteroatoms. The lowest BCUT2D eigenvalue weighted by atomic mass is 10.0. The van der Waals surface area contributed by atoms with E-state index < -0.39 is 0 Å². The number of carbonyl (C=O) groups is 1. The van der Waals surface area contributed by atoms with Gasteiger partial charge in [0.25, 0.3) is 0 Å². The number of para-hydroxylation sites is 1. The van der Waals surface area contributed by atoms with E-state index >= 15 is 0 Å². The molecule has 0 aromatic heterocycles. The lowest BCUT2D eigenvalue weighted by Crippen LogP contribution is -2.46. The van der Waals surface area contributed by atoms with Gasteiger partial charge in [0, 0.05) is 12.5 Å². The van der Waals surface area contributed by atoms with E-state index in [2.05, 4.69) is 10.6 Å². The Morgan fingerprint density at radius 3 is 3.06 bits per heavy atom. The molecule has 0 fully saturated rings. The van der Waals surface area contributed by atoms with Gasteiger partial charge in [0.05, 0.1) is 6.04 Å². The van der Waals surface area contributed by atoms with Crippen molar-refractivity contribution >= 4 is 5.91 Å². The summed E-state index contributed by atoms with van der Waals surface area (Å²) in [6.45, 7) is 3.16. The van der Waals surface area contributed by atoms with Gasteiger partial charge in [-0.1, -0.05) is 25.1 Å². The highest BCUT2D eigenvalue weighted by Crippen LogP contribution is 2.23. The Bertz CT molecular complexity index is 420. The molecule has 1 aliphatic heterocycles. The maximum absolute atomic E-state index is 11.9. The van der Waals surface area contributed by atoms with Crippen LogP contribution >= 0.6 is 0 Å². The number of hydrogen-bond donors (Lipinski definition) is 2. The zero-order valence-electron chi connectivity index (χ0n) is 10.9. The fourth-order valence-electron chi connectivity index (χ4n) is 2.16. The number of ether oxygens (including phenoxy) is 1. The molecule has 0 spiro atoms. The first kappa shape index (κ1) is 12.9. The fraction of sp³-hybridized carbons (Fsp3) is 0.500. The van der Waals surface area contributed by atoms with Crippen LogP contribution in [0.1, 0.15) is 12.5 Å². The van der Waals surface area contributed by atoms with Crippen molar-refractivity contribution in [2.45, 2.75) is 19.4 Å². The summed E-state index contributed by atoms with van der Waals surface area (Å²) in [5.74, 6) is 0.996. The minimum Gasteiger partial charge on any atom is -0.491 e. The predicted octanol–water partition coefficient (Wildman–Crippen LogP) is 0.962. The van der Waals surface area contributed by atoms with Gasteiger partial charge in [-0.05, 0) is 25.1 Å². The molecule has 18 heavy (non-hydrogen) atoms. The van der Waals surface area contributed by atoms with Gasteiger partial charge < -0.3 is 15.4 Å². The zero-order valence-corrected chi connectivity index (χ0v) is 10.9. The molecule has 4 nitrogen and oxygen atoms in total. The third-order valence-corrected chi connectivity index (χ3v) is 3.18. The average molecular weight is 248 g/mol. The van der Waals surface area contributed by atoms with Crippen LogP contribution in [0.5, 0.6) is 5.75 Å². The van der Waals surface area contributed by atoms with Crippen LogP contribution in [0.3, 0.4) is 0 Å². The van der Waals surface area contributed by atoms with Crippen LogP contribution < -0.4 is 15.4 Å². The van der Waals surface area contributed by atoms with Crippen molar-refractivity contribution in [1.29, 1.82) is 0 Å². The molecule has 1 heterocycles. The third kappa shape index (κ3) is 3.01. The van der Waals surface area contributed by atoms with Crippen LogP contribution in [0, 0.1) is 5.92 Å². The second-order valence-corrected chi connectivity index (χ2v) is 4.79. The number of carbonyl (C=O) groups excluding carboxylic acids is 1. The fourth-order valence-corrected chi connectivity index (χ4v) is 2.16. The minimum atomic E-state index is -0.0211. The molecule has 1 aromatic carbocycles. The number of hydrogen-bond acceptors (Lipinski definition) is 3. The quantitative estimate of drug-likeness (QED) is 0.834. The van der Waals surface area contributed by atoms with Gasteiger partial charge in [-0.25, -0.2) is 0 Å². The van der Waals surface area contributed by atoms with Crippen LogP contribution in [0.4, 0.5) is 0 Å². The molecule has 98 valence electrons. The van der Waals surface area contributed by atoms with Gasteiger partial charge in [0.2, 0.25) is 5.91 Å². The molecular formula is C14H20N2O2. The topological polar surface area (TPSA) is 50.4 Å². The number of nitrogens with one attached hydrogen (secondary N) is 2. The summed E-state index contributed by atoms with van der Waals surface area (Å²) in [5.41, 5.74) is 1.16. The smallest absolute Gasteiger partial charge is 0.224 e. The largest absolute Gasteiger partial charge is 0.491 e. The monoisotopic (exact) mass is 248 g/mol. The number of amides is 1. The van der Waals surface area contributed by atoms with Gasteiger partial charge in [-0.2, -0.15) is 0 Å². The lowest BCUT2D eigenvalue weighted by molar-refractivity contribution is -0.125. The molecule has 0 aliphatic carbocycles. The number of rotatable bonds is 4. The second kappa shape index (κ2) is 5.87. The highest BCUT2D eigenvalue weighted by molar-refractivity contribution is 5.78. The molecule has 0 saturated heterocycles. The highest BCUT2D eigenvalue weighted by atomic mass is 16.5. The maximum atomic E-state index is 11.9. The minimum absolute atomic E-state index is 0.0211. The second-order valence-electron chi connectivity index (χ2n) is 4.79. The summed E-state index contributed by atoms with van der Waals surface area (Å²) < 4.78 is 5.65. The van der Waals surface area contributed by atoms with Crippen LogP contribution in [0.25, 0.3) is 0 Å². The van der Waals surface area contributed by atoms with Gasteiger partial charge in [0.15, 0.2) is 0 Å². The van der Waals surface area contributed by atoms with E-state index in [-0.39, 0.29) is 17.9 Å². The molecule has 0 saturated carbocycles. The van der Waals surface area contributed by atoms with E-state index in [1.54, 1.807) is 0 Å². The normalized spacial score (nSPS) is 19.6. The summed E-state index contributed by atoms with van der Waals surface area (Å²) >= 11 is 0. The predicted molar refractivity (Wildman–Crippen MR) is 70.7 cm³/mol. The van der Waals surface area contributed by atoms with Crippen molar-refractivity contribution in [2.24, 2.45) is 5.92 Å². The summed E-state index contributed by atoms with van der Waals surface area (Å²) in [5, 5.41) is 6.05. The Balaban J connectivity index is 1.92. The Labute approximate surface area is 108 Å². The summed E-state index contributed by atoms with van der Waals surface area (Å²) in [4.78, 5) is 11.9. The van der Waals surface area contributed by atoms with Crippen LogP contribution in [-0.4, -0.2) is 32.1 Å². The standard InChI is InChI=1S/C14H20N2O2/c1-10(8-15-2)14(17)16-12-7-11-5-3-4-6-13(11)18-9-12/h3-6,10,12,15H,7-9H2,1-2H3,(H,16,17). The van der Waals surface area contributed by atoms with E-state index in [9.17, 15) is 4.79 Å². The molecule has 2 atom stereocenters. The molecule has 0 bridgehead atoms. The molecule has 0 radical (unpaired) electrons. The molecule has 1 aliphatic rings. The molecule has 2 unspecified atom stereocenters. The first-order chi connectivity index (χ1) is 8.70. The highest BCUT2D eigenvalue weighted by Gasteiger charge is 2.22. The van der Waals surface area contributed by atoms with Crippen LogP contribution in [-0.2, 0) is 11.2 Å². The van der Waals surface area contributed by atoms with Crippen molar-refractivity contribution in [3.05, 3.63) is 29.8 Å². The van der Waals surface area contributed by atoms with E-state index in [1.807, 2.05) is 38.2 Å². The van der Waals surface area contributed by atoms with Crippen LogP contribution in [0.2, 0.25) is 0 Å². The van der Waals surface area contributed by atoms with Crippen molar-refractivity contribution in [2.75, 3.05) is 20.2 Å². The first-order valence-electron chi connectivity index (χ1n) is 6.36. The van der Waals surface area contributed by atoms with Crippen molar-refractivity contribution in [3.63, 3.8) is 0 Å².